The molecular weight excluding hydrogens is 240 g/mol. The first-order valence-corrected chi connectivity index (χ1v) is 6.57. The van der Waals surface area contributed by atoms with E-state index in [4.69, 9.17) is 10.9 Å². The van der Waals surface area contributed by atoms with Gasteiger partial charge < -0.3 is 15.8 Å². The van der Waals surface area contributed by atoms with E-state index in [-0.39, 0.29) is 5.84 Å². The van der Waals surface area contributed by atoms with Crippen LogP contribution in [-0.4, -0.2) is 48.2 Å². The molecule has 0 amide bonds. The first kappa shape index (κ1) is 13.7. The van der Waals surface area contributed by atoms with Gasteiger partial charge in [0.05, 0.1) is 0 Å². The molecule has 3 N–H and O–H groups in total. The van der Waals surface area contributed by atoms with Crippen LogP contribution in [0.25, 0.3) is 0 Å². The highest BCUT2D eigenvalue weighted by Crippen LogP contribution is 2.21. The highest BCUT2D eigenvalue weighted by molar-refractivity contribution is 5.97. The molecule has 1 saturated heterocycles. The van der Waals surface area contributed by atoms with Gasteiger partial charge in [-0.1, -0.05) is 5.16 Å². The first-order chi connectivity index (χ1) is 9.02. The van der Waals surface area contributed by atoms with Gasteiger partial charge in [0, 0.05) is 36.4 Å². The Morgan fingerprint density at radius 1 is 1.21 bits per heavy atom. The fraction of sp³-hybridized carbons (Fsp3) is 0.500. The van der Waals surface area contributed by atoms with Crippen molar-refractivity contribution in [2.75, 3.05) is 25.0 Å². The quantitative estimate of drug-likeness (QED) is 0.365. The standard InChI is InChI=1S/C14H22N4O/c1-10-8-18(9-11(2)17(10)3)13-6-4-12(5-7-13)14(15)16-19/h4-7,10-11,19H,8-9H2,1-3H3,(H2,15,16). The van der Waals surface area contributed by atoms with Crippen molar-refractivity contribution in [3.63, 3.8) is 0 Å². The summed E-state index contributed by atoms with van der Waals surface area (Å²) in [6.45, 7) is 6.52. The number of oxime groups is 1. The van der Waals surface area contributed by atoms with E-state index >= 15 is 0 Å². The lowest BCUT2D eigenvalue weighted by Gasteiger charge is -2.43. The number of hydrogen-bond donors (Lipinski definition) is 2. The summed E-state index contributed by atoms with van der Waals surface area (Å²) in [7, 11) is 2.17. The van der Waals surface area contributed by atoms with Crippen molar-refractivity contribution in [2.24, 2.45) is 10.9 Å². The maximum Gasteiger partial charge on any atom is 0.170 e. The van der Waals surface area contributed by atoms with Crippen molar-refractivity contribution in [3.05, 3.63) is 29.8 Å². The number of nitrogens with zero attached hydrogens (tertiary/aromatic N) is 3. The van der Waals surface area contributed by atoms with Crippen molar-refractivity contribution >= 4 is 11.5 Å². The zero-order valence-corrected chi connectivity index (χ0v) is 11.7. The summed E-state index contributed by atoms with van der Waals surface area (Å²) < 4.78 is 0. The minimum absolute atomic E-state index is 0.145. The van der Waals surface area contributed by atoms with E-state index in [0.29, 0.717) is 12.1 Å². The average molecular weight is 262 g/mol. The molecule has 1 heterocycles. The van der Waals surface area contributed by atoms with Gasteiger partial charge in [0.2, 0.25) is 0 Å². The molecule has 0 aliphatic carbocycles. The Kier molecular flexibility index (Phi) is 3.95. The topological polar surface area (TPSA) is 65.1 Å². The summed E-state index contributed by atoms with van der Waals surface area (Å²) in [6.07, 6.45) is 0. The van der Waals surface area contributed by atoms with Crippen molar-refractivity contribution in [1.82, 2.24) is 4.90 Å². The fourth-order valence-corrected chi connectivity index (χ4v) is 2.52. The predicted molar refractivity (Wildman–Crippen MR) is 77.9 cm³/mol. The normalized spacial score (nSPS) is 25.6. The second-order valence-corrected chi connectivity index (χ2v) is 5.30. The number of rotatable bonds is 2. The van der Waals surface area contributed by atoms with E-state index in [9.17, 15) is 0 Å². The van der Waals surface area contributed by atoms with Crippen LogP contribution < -0.4 is 10.6 Å². The molecule has 2 unspecified atom stereocenters. The van der Waals surface area contributed by atoms with Crippen molar-refractivity contribution < 1.29 is 5.21 Å². The van der Waals surface area contributed by atoms with Crippen molar-refractivity contribution in [1.29, 1.82) is 0 Å². The first-order valence-electron chi connectivity index (χ1n) is 6.57. The molecule has 104 valence electrons. The second kappa shape index (κ2) is 5.48. The number of nitrogens with two attached hydrogens (primary N) is 1. The van der Waals surface area contributed by atoms with Gasteiger partial charge in [0.1, 0.15) is 0 Å². The number of piperazine rings is 1. The zero-order chi connectivity index (χ0) is 14.0. The molecule has 1 aliphatic heterocycles. The largest absolute Gasteiger partial charge is 0.409 e. The van der Waals surface area contributed by atoms with Crippen LogP contribution in [0, 0.1) is 0 Å². The third kappa shape index (κ3) is 2.81. The molecule has 19 heavy (non-hydrogen) atoms. The minimum Gasteiger partial charge on any atom is -0.409 e. The molecule has 1 aromatic rings. The maximum atomic E-state index is 8.65. The molecule has 5 nitrogen and oxygen atoms in total. The molecule has 0 radical (unpaired) electrons. The van der Waals surface area contributed by atoms with Crippen LogP contribution in [0.4, 0.5) is 5.69 Å². The molecule has 0 bridgehead atoms. The molecule has 2 atom stereocenters. The zero-order valence-electron chi connectivity index (χ0n) is 11.7. The predicted octanol–water partition coefficient (Wildman–Crippen LogP) is 1.31. The van der Waals surface area contributed by atoms with Gasteiger partial charge in [-0.05, 0) is 45.2 Å². The van der Waals surface area contributed by atoms with Crippen LogP contribution in [0.15, 0.2) is 29.4 Å². The van der Waals surface area contributed by atoms with Gasteiger partial charge in [-0.3, -0.25) is 4.90 Å². The third-order valence-corrected chi connectivity index (χ3v) is 4.00. The van der Waals surface area contributed by atoms with Crippen LogP contribution >= 0.6 is 0 Å². The Bertz CT molecular complexity index is 445. The Hall–Kier alpha value is -1.75. The number of amidine groups is 1. The van der Waals surface area contributed by atoms with E-state index in [2.05, 4.69) is 35.9 Å². The van der Waals surface area contributed by atoms with Crippen LogP contribution in [-0.2, 0) is 0 Å². The molecule has 1 fully saturated rings. The average Bonchev–Trinajstić information content (AvgIpc) is 2.43. The molecule has 0 aromatic heterocycles. The molecule has 1 aliphatic rings. The summed E-state index contributed by atoms with van der Waals surface area (Å²) in [4.78, 5) is 4.78. The Morgan fingerprint density at radius 2 is 1.74 bits per heavy atom. The van der Waals surface area contributed by atoms with Crippen molar-refractivity contribution in [3.8, 4) is 0 Å². The van der Waals surface area contributed by atoms with Gasteiger partial charge >= 0.3 is 0 Å². The maximum absolute atomic E-state index is 8.65. The van der Waals surface area contributed by atoms with Gasteiger partial charge in [-0.2, -0.15) is 0 Å². The molecule has 0 saturated carbocycles. The number of hydrogen-bond acceptors (Lipinski definition) is 4. The van der Waals surface area contributed by atoms with Gasteiger partial charge in [0.25, 0.3) is 0 Å². The van der Waals surface area contributed by atoms with Crippen LogP contribution in [0.1, 0.15) is 19.4 Å². The molecule has 5 heteroatoms. The highest BCUT2D eigenvalue weighted by Gasteiger charge is 2.26. The lowest BCUT2D eigenvalue weighted by molar-refractivity contribution is 0.170. The lowest BCUT2D eigenvalue weighted by Crippen LogP contribution is -2.55. The van der Waals surface area contributed by atoms with Crippen LogP contribution in [0.5, 0.6) is 0 Å². The Labute approximate surface area is 114 Å². The monoisotopic (exact) mass is 262 g/mol. The van der Waals surface area contributed by atoms with Gasteiger partial charge in [-0.25, -0.2) is 0 Å². The Balaban J connectivity index is 2.14. The third-order valence-electron chi connectivity index (χ3n) is 4.00. The van der Waals surface area contributed by atoms with E-state index < -0.39 is 0 Å². The highest BCUT2D eigenvalue weighted by atomic mass is 16.4. The fourth-order valence-electron chi connectivity index (χ4n) is 2.52. The second-order valence-electron chi connectivity index (χ2n) is 5.30. The summed E-state index contributed by atoms with van der Waals surface area (Å²) in [5.41, 5.74) is 7.48. The summed E-state index contributed by atoms with van der Waals surface area (Å²) in [5, 5.41) is 11.7. The van der Waals surface area contributed by atoms with Crippen LogP contribution in [0.2, 0.25) is 0 Å². The summed E-state index contributed by atoms with van der Waals surface area (Å²) in [6, 6.07) is 8.90. The molecule has 0 spiro atoms. The van der Waals surface area contributed by atoms with Gasteiger partial charge in [0.15, 0.2) is 5.84 Å². The van der Waals surface area contributed by atoms with E-state index in [0.717, 1.165) is 18.7 Å². The molecule has 1 aromatic carbocycles. The van der Waals surface area contributed by atoms with Crippen molar-refractivity contribution in [2.45, 2.75) is 25.9 Å². The molecular formula is C14H22N4O. The summed E-state index contributed by atoms with van der Waals surface area (Å²) >= 11 is 0. The number of benzene rings is 1. The van der Waals surface area contributed by atoms with E-state index in [1.54, 1.807) is 0 Å². The smallest absolute Gasteiger partial charge is 0.170 e. The summed E-state index contributed by atoms with van der Waals surface area (Å²) in [5.74, 6) is 0.145. The van der Waals surface area contributed by atoms with Crippen LogP contribution in [0.3, 0.4) is 0 Å². The number of anilines is 1. The lowest BCUT2D eigenvalue weighted by atomic mass is 10.1. The van der Waals surface area contributed by atoms with E-state index in [1.807, 2.05) is 24.3 Å². The van der Waals surface area contributed by atoms with Gasteiger partial charge in [-0.15, -0.1) is 0 Å². The Morgan fingerprint density at radius 3 is 2.21 bits per heavy atom. The minimum atomic E-state index is 0.145. The molecule has 2 rings (SSSR count). The SMILES string of the molecule is CC1CN(c2ccc(/C(N)=N/O)cc2)CC(C)N1C. The number of likely N-dealkylation sites (N-methyl/N-ethyl adjacent to an activating group) is 1. The van der Waals surface area contributed by atoms with E-state index in [1.165, 1.54) is 5.69 Å².